The average Bonchev–Trinajstić information content (AvgIpc) is 2.53. The molecule has 1 heterocycles. The highest BCUT2D eigenvalue weighted by molar-refractivity contribution is 7.91. The molecule has 14 heavy (non-hydrogen) atoms. The summed E-state index contributed by atoms with van der Waals surface area (Å²) in [6.45, 7) is 0. The van der Waals surface area contributed by atoms with E-state index in [0.717, 1.165) is 11.3 Å². The molecule has 0 unspecified atom stereocenters. The summed E-state index contributed by atoms with van der Waals surface area (Å²) < 4.78 is 24.9. The molecular weight excluding hydrogens is 242 g/mol. The Kier molecular flexibility index (Phi) is 3.94. The van der Waals surface area contributed by atoms with Gasteiger partial charge in [-0.2, -0.15) is 0 Å². The van der Waals surface area contributed by atoms with Crippen molar-refractivity contribution < 1.29 is 8.42 Å². The number of halogens is 1. The van der Waals surface area contributed by atoms with Crippen molar-refractivity contribution in [3.8, 4) is 0 Å². The van der Waals surface area contributed by atoms with Crippen molar-refractivity contribution in [1.29, 1.82) is 0 Å². The zero-order chi connectivity index (χ0) is 10.8. The van der Waals surface area contributed by atoms with E-state index in [1.54, 1.807) is 6.07 Å². The van der Waals surface area contributed by atoms with Gasteiger partial charge in [-0.1, -0.05) is 0 Å². The van der Waals surface area contributed by atoms with E-state index in [9.17, 15) is 8.42 Å². The van der Waals surface area contributed by atoms with Crippen molar-refractivity contribution in [3.63, 3.8) is 0 Å². The zero-order valence-electron chi connectivity index (χ0n) is 8.03. The molecule has 0 aliphatic carbocycles. The molecule has 0 saturated heterocycles. The Bertz CT molecular complexity index is 397. The molecule has 0 saturated carbocycles. The Balaban J connectivity index is 2.98. The lowest BCUT2D eigenvalue weighted by Gasteiger charge is -2.08. The second-order valence-corrected chi connectivity index (χ2v) is 6.87. The minimum atomic E-state index is -3.27. The summed E-state index contributed by atoms with van der Waals surface area (Å²) in [4.78, 5) is 1.00. The summed E-state index contributed by atoms with van der Waals surface area (Å²) in [5, 5.41) is 0. The molecule has 0 aliphatic heterocycles. The van der Waals surface area contributed by atoms with Gasteiger partial charge in [0.25, 0.3) is 10.0 Å². The second-order valence-electron chi connectivity index (χ2n) is 2.95. The monoisotopic (exact) mass is 253 g/mol. The average molecular weight is 254 g/mol. The van der Waals surface area contributed by atoms with Gasteiger partial charge in [-0.25, -0.2) is 12.7 Å². The maximum absolute atomic E-state index is 11.7. The molecule has 0 fully saturated rings. The molecule has 0 radical (unpaired) electrons. The molecule has 0 N–H and O–H groups in total. The van der Waals surface area contributed by atoms with Crippen molar-refractivity contribution in [1.82, 2.24) is 4.31 Å². The predicted octanol–water partition coefficient (Wildman–Crippen LogP) is 1.78. The van der Waals surface area contributed by atoms with Gasteiger partial charge in [0.15, 0.2) is 0 Å². The lowest BCUT2D eigenvalue weighted by atomic mass is 10.4. The van der Waals surface area contributed by atoms with Crippen LogP contribution < -0.4 is 0 Å². The van der Waals surface area contributed by atoms with Crippen LogP contribution in [-0.4, -0.2) is 32.7 Å². The van der Waals surface area contributed by atoms with Gasteiger partial charge in [0.1, 0.15) is 4.21 Å². The van der Waals surface area contributed by atoms with Crippen molar-refractivity contribution in [2.45, 2.75) is 10.6 Å². The van der Waals surface area contributed by atoms with Crippen LogP contribution in [0.25, 0.3) is 0 Å². The third-order valence-corrected chi connectivity index (χ3v) is 5.33. The van der Waals surface area contributed by atoms with Gasteiger partial charge in [-0.15, -0.1) is 22.9 Å². The molecule has 0 atom stereocenters. The zero-order valence-corrected chi connectivity index (χ0v) is 10.4. The van der Waals surface area contributed by atoms with Crippen LogP contribution in [0.5, 0.6) is 0 Å². The first-order valence-corrected chi connectivity index (χ1v) is 6.85. The molecule has 1 aromatic heterocycles. The first-order chi connectivity index (χ1) is 6.48. The van der Waals surface area contributed by atoms with E-state index in [-0.39, 0.29) is 0 Å². The lowest BCUT2D eigenvalue weighted by Crippen LogP contribution is -2.21. The number of hydrogen-bond acceptors (Lipinski definition) is 3. The molecule has 0 aromatic carbocycles. The third-order valence-electron chi connectivity index (χ3n) is 1.71. The van der Waals surface area contributed by atoms with E-state index in [0.29, 0.717) is 10.1 Å². The van der Waals surface area contributed by atoms with Crippen LogP contribution in [0.15, 0.2) is 16.3 Å². The number of alkyl halides is 1. The van der Waals surface area contributed by atoms with Crippen molar-refractivity contribution in [2.24, 2.45) is 0 Å². The topological polar surface area (TPSA) is 37.4 Å². The first-order valence-electron chi connectivity index (χ1n) is 4.05. The maximum Gasteiger partial charge on any atom is 0.252 e. The highest BCUT2D eigenvalue weighted by Gasteiger charge is 2.19. The Morgan fingerprint density at radius 2 is 2.07 bits per heavy atom. The lowest BCUT2D eigenvalue weighted by molar-refractivity contribution is 0.523. The van der Waals surface area contributed by atoms with Crippen molar-refractivity contribution in [3.05, 3.63) is 17.0 Å². The molecule has 0 spiro atoms. The standard InChI is InChI=1S/C8H12ClNO2S2/c1-10(2)14(11,12)8-4-3-7(13-8)5-6-9/h3-4H,5-6H2,1-2H3. The highest BCUT2D eigenvalue weighted by atomic mass is 35.5. The van der Waals surface area contributed by atoms with Crippen LogP contribution in [0.2, 0.25) is 0 Å². The largest absolute Gasteiger partial charge is 0.252 e. The van der Waals surface area contributed by atoms with E-state index < -0.39 is 10.0 Å². The molecule has 6 heteroatoms. The van der Waals surface area contributed by atoms with Gasteiger partial charge in [0, 0.05) is 24.9 Å². The van der Waals surface area contributed by atoms with Crippen LogP contribution in [0.3, 0.4) is 0 Å². The number of aryl methyl sites for hydroxylation is 1. The summed E-state index contributed by atoms with van der Waals surface area (Å²) in [6.07, 6.45) is 0.717. The number of sulfonamides is 1. The van der Waals surface area contributed by atoms with Crippen LogP contribution >= 0.6 is 22.9 Å². The number of thiophene rings is 1. The van der Waals surface area contributed by atoms with Crippen LogP contribution in [-0.2, 0) is 16.4 Å². The summed E-state index contributed by atoms with van der Waals surface area (Å²) in [6, 6.07) is 3.44. The Hall–Kier alpha value is -0.100. The third kappa shape index (κ3) is 2.48. The predicted molar refractivity (Wildman–Crippen MR) is 59.6 cm³/mol. The van der Waals surface area contributed by atoms with Crippen LogP contribution in [0.1, 0.15) is 4.88 Å². The molecule has 0 aliphatic rings. The van der Waals surface area contributed by atoms with Crippen LogP contribution in [0.4, 0.5) is 0 Å². The summed E-state index contributed by atoms with van der Waals surface area (Å²) in [5.41, 5.74) is 0. The minimum Gasteiger partial charge on any atom is -0.206 e. The van der Waals surface area contributed by atoms with Crippen LogP contribution in [0, 0.1) is 0 Å². The molecule has 1 rings (SSSR count). The molecule has 0 amide bonds. The van der Waals surface area contributed by atoms with E-state index in [4.69, 9.17) is 11.6 Å². The first kappa shape index (κ1) is 12.0. The fraction of sp³-hybridized carbons (Fsp3) is 0.500. The molecule has 80 valence electrons. The Morgan fingerprint density at radius 3 is 2.57 bits per heavy atom. The molecule has 0 bridgehead atoms. The summed E-state index contributed by atoms with van der Waals surface area (Å²) in [7, 11) is -0.217. The minimum absolute atomic E-state index is 0.377. The van der Waals surface area contributed by atoms with Gasteiger partial charge in [0.05, 0.1) is 0 Å². The number of nitrogens with zero attached hydrogens (tertiary/aromatic N) is 1. The van der Waals surface area contributed by atoms with Gasteiger partial charge in [-0.3, -0.25) is 0 Å². The highest BCUT2D eigenvalue weighted by Crippen LogP contribution is 2.24. The van der Waals surface area contributed by atoms with Gasteiger partial charge in [-0.05, 0) is 18.6 Å². The SMILES string of the molecule is CN(C)S(=O)(=O)c1ccc(CCCl)s1. The summed E-state index contributed by atoms with van der Waals surface area (Å²) >= 11 is 6.85. The molecular formula is C8H12ClNO2S2. The fourth-order valence-electron chi connectivity index (χ4n) is 0.904. The Morgan fingerprint density at radius 1 is 1.43 bits per heavy atom. The van der Waals surface area contributed by atoms with Gasteiger partial charge >= 0.3 is 0 Å². The van der Waals surface area contributed by atoms with Gasteiger partial charge < -0.3 is 0 Å². The quantitative estimate of drug-likeness (QED) is 0.767. The fourth-order valence-corrected chi connectivity index (χ4v) is 3.74. The normalized spacial score (nSPS) is 12.3. The van der Waals surface area contributed by atoms with E-state index in [2.05, 4.69) is 0 Å². The van der Waals surface area contributed by atoms with E-state index in [1.807, 2.05) is 6.07 Å². The summed E-state index contributed by atoms with van der Waals surface area (Å²) in [5.74, 6) is 0.516. The smallest absolute Gasteiger partial charge is 0.206 e. The molecule has 3 nitrogen and oxygen atoms in total. The Labute approximate surface area is 93.4 Å². The number of hydrogen-bond donors (Lipinski definition) is 0. The second kappa shape index (κ2) is 4.61. The van der Waals surface area contributed by atoms with Crippen molar-refractivity contribution in [2.75, 3.05) is 20.0 Å². The van der Waals surface area contributed by atoms with Crippen molar-refractivity contribution >= 4 is 33.0 Å². The van der Waals surface area contributed by atoms with E-state index in [1.165, 1.54) is 29.7 Å². The molecule has 1 aromatic rings. The number of rotatable bonds is 4. The van der Waals surface area contributed by atoms with Gasteiger partial charge in [0.2, 0.25) is 0 Å². The maximum atomic E-state index is 11.7. The van der Waals surface area contributed by atoms with E-state index >= 15 is 0 Å².